The van der Waals surface area contributed by atoms with Crippen LogP contribution in [0.2, 0.25) is 0 Å². The van der Waals surface area contributed by atoms with Crippen LogP contribution in [0.4, 0.5) is 9.59 Å². The van der Waals surface area contributed by atoms with E-state index in [0.717, 1.165) is 0 Å². The number of carbonyl (C=O) groups is 2. The van der Waals surface area contributed by atoms with Crippen LogP contribution in [0.3, 0.4) is 0 Å². The van der Waals surface area contributed by atoms with Gasteiger partial charge in [0.15, 0.2) is 0 Å². The minimum Gasteiger partial charge on any atom is -0.444 e. The van der Waals surface area contributed by atoms with E-state index in [9.17, 15) is 14.7 Å². The molecule has 0 saturated heterocycles. The standard InChI is InChI=1S/C17H34N2O7/c1-16(2,3)25-14(23)18(7-9-20)11-13(22)12-19(8-10-21)15(24)26-17(4,5)6/h13,20-22H,7-12H2,1-6H3. The third-order valence-electron chi connectivity index (χ3n) is 2.91. The van der Waals surface area contributed by atoms with Gasteiger partial charge in [-0.1, -0.05) is 0 Å². The second kappa shape index (κ2) is 10.5. The van der Waals surface area contributed by atoms with E-state index in [1.165, 1.54) is 9.80 Å². The van der Waals surface area contributed by atoms with Crippen LogP contribution in [0.1, 0.15) is 41.5 Å². The van der Waals surface area contributed by atoms with Gasteiger partial charge in [0.05, 0.1) is 32.4 Å². The number of aliphatic hydroxyl groups excluding tert-OH is 3. The van der Waals surface area contributed by atoms with E-state index in [1.54, 1.807) is 41.5 Å². The molecule has 0 aromatic heterocycles. The monoisotopic (exact) mass is 378 g/mol. The highest BCUT2D eigenvalue weighted by molar-refractivity contribution is 5.69. The normalized spacial score (nSPS) is 12.1. The van der Waals surface area contributed by atoms with E-state index in [0.29, 0.717) is 0 Å². The fourth-order valence-electron chi connectivity index (χ4n) is 1.98. The highest BCUT2D eigenvalue weighted by Gasteiger charge is 2.27. The number of amides is 2. The van der Waals surface area contributed by atoms with Gasteiger partial charge in [-0.2, -0.15) is 0 Å². The maximum Gasteiger partial charge on any atom is 0.410 e. The van der Waals surface area contributed by atoms with Crippen molar-refractivity contribution in [2.24, 2.45) is 0 Å². The first-order valence-corrected chi connectivity index (χ1v) is 8.64. The summed E-state index contributed by atoms with van der Waals surface area (Å²) < 4.78 is 10.5. The molecule has 0 aliphatic heterocycles. The Hall–Kier alpha value is -1.58. The maximum atomic E-state index is 12.2. The Morgan fingerprint density at radius 2 is 1.12 bits per heavy atom. The number of rotatable bonds is 8. The summed E-state index contributed by atoms with van der Waals surface area (Å²) in [6.07, 6.45) is -2.44. The lowest BCUT2D eigenvalue weighted by Crippen LogP contribution is -2.48. The first-order valence-electron chi connectivity index (χ1n) is 8.64. The second-order valence-electron chi connectivity index (χ2n) is 7.95. The summed E-state index contributed by atoms with van der Waals surface area (Å²) >= 11 is 0. The molecule has 0 atom stereocenters. The number of hydrogen-bond acceptors (Lipinski definition) is 7. The van der Waals surface area contributed by atoms with Gasteiger partial charge in [0.1, 0.15) is 11.2 Å². The van der Waals surface area contributed by atoms with Crippen LogP contribution in [-0.4, -0.2) is 94.0 Å². The van der Waals surface area contributed by atoms with Crippen molar-refractivity contribution < 1.29 is 34.4 Å². The first-order chi connectivity index (χ1) is 11.8. The Morgan fingerprint density at radius 1 is 0.808 bits per heavy atom. The minimum absolute atomic E-state index is 0.0155. The Balaban J connectivity index is 4.91. The number of nitrogens with zero attached hydrogens (tertiary/aromatic N) is 2. The molecule has 0 heterocycles. The van der Waals surface area contributed by atoms with Crippen LogP contribution in [0.5, 0.6) is 0 Å². The van der Waals surface area contributed by atoms with Crippen molar-refractivity contribution in [1.29, 1.82) is 0 Å². The zero-order valence-corrected chi connectivity index (χ0v) is 16.7. The van der Waals surface area contributed by atoms with Gasteiger partial charge in [0.2, 0.25) is 0 Å². The van der Waals surface area contributed by atoms with Gasteiger partial charge < -0.3 is 34.6 Å². The molecule has 0 aliphatic carbocycles. The van der Waals surface area contributed by atoms with Gasteiger partial charge in [-0.15, -0.1) is 0 Å². The summed E-state index contributed by atoms with van der Waals surface area (Å²) in [7, 11) is 0. The van der Waals surface area contributed by atoms with Crippen molar-refractivity contribution in [2.45, 2.75) is 58.8 Å². The van der Waals surface area contributed by atoms with Gasteiger partial charge in [0, 0.05) is 13.1 Å². The molecular formula is C17H34N2O7. The molecule has 3 N–H and O–H groups in total. The van der Waals surface area contributed by atoms with Crippen molar-refractivity contribution in [2.75, 3.05) is 39.4 Å². The van der Waals surface area contributed by atoms with Crippen molar-refractivity contribution in [3.05, 3.63) is 0 Å². The summed E-state index contributed by atoms with van der Waals surface area (Å²) in [6.45, 7) is 9.38. The fraction of sp³-hybridized carbons (Fsp3) is 0.882. The van der Waals surface area contributed by atoms with E-state index in [1.807, 2.05) is 0 Å². The Labute approximate surface area is 155 Å². The molecule has 2 amide bonds. The summed E-state index contributed by atoms with van der Waals surface area (Å²) in [6, 6.07) is 0. The van der Waals surface area contributed by atoms with Crippen LogP contribution in [0, 0.1) is 0 Å². The number of aliphatic hydroxyl groups is 3. The molecule has 0 saturated carbocycles. The average molecular weight is 378 g/mol. The SMILES string of the molecule is CC(C)(C)OC(=O)N(CCO)CC(O)CN(CCO)C(=O)OC(C)(C)C. The molecule has 0 rings (SSSR count). The van der Waals surface area contributed by atoms with Gasteiger partial charge in [0.25, 0.3) is 0 Å². The molecule has 0 fully saturated rings. The van der Waals surface area contributed by atoms with Crippen LogP contribution < -0.4 is 0 Å². The predicted molar refractivity (Wildman–Crippen MR) is 95.8 cm³/mol. The van der Waals surface area contributed by atoms with E-state index in [4.69, 9.17) is 19.7 Å². The average Bonchev–Trinajstić information content (AvgIpc) is 2.42. The lowest BCUT2D eigenvalue weighted by atomic mass is 10.2. The molecule has 26 heavy (non-hydrogen) atoms. The van der Waals surface area contributed by atoms with Gasteiger partial charge in [-0.3, -0.25) is 0 Å². The zero-order chi connectivity index (χ0) is 20.5. The lowest BCUT2D eigenvalue weighted by molar-refractivity contribution is -0.00305. The predicted octanol–water partition coefficient (Wildman–Crippen LogP) is 0.806. The van der Waals surface area contributed by atoms with E-state index in [2.05, 4.69) is 0 Å². The summed E-state index contributed by atoms with van der Waals surface area (Å²) in [4.78, 5) is 26.6. The molecule has 0 radical (unpaired) electrons. The topological polar surface area (TPSA) is 120 Å². The van der Waals surface area contributed by atoms with Crippen LogP contribution >= 0.6 is 0 Å². The van der Waals surface area contributed by atoms with E-state index >= 15 is 0 Å². The van der Waals surface area contributed by atoms with E-state index < -0.39 is 29.5 Å². The highest BCUT2D eigenvalue weighted by atomic mass is 16.6. The van der Waals surface area contributed by atoms with Crippen molar-refractivity contribution >= 4 is 12.2 Å². The Bertz CT molecular complexity index is 403. The quantitative estimate of drug-likeness (QED) is 0.571. The molecule has 0 aromatic rings. The van der Waals surface area contributed by atoms with Crippen LogP contribution in [0.25, 0.3) is 0 Å². The van der Waals surface area contributed by atoms with Crippen LogP contribution in [0.15, 0.2) is 0 Å². The summed E-state index contributed by atoms with van der Waals surface area (Å²) in [5, 5.41) is 28.5. The molecule has 0 spiro atoms. The number of carbonyl (C=O) groups excluding carboxylic acids is 2. The third kappa shape index (κ3) is 11.1. The van der Waals surface area contributed by atoms with Crippen molar-refractivity contribution in [1.82, 2.24) is 9.80 Å². The molecule has 0 aliphatic rings. The van der Waals surface area contributed by atoms with Gasteiger partial charge in [-0.05, 0) is 41.5 Å². The molecule has 9 nitrogen and oxygen atoms in total. The lowest BCUT2D eigenvalue weighted by Gasteiger charge is -2.31. The van der Waals surface area contributed by atoms with E-state index in [-0.39, 0.29) is 39.4 Å². The molecule has 9 heteroatoms. The van der Waals surface area contributed by atoms with Gasteiger partial charge >= 0.3 is 12.2 Å². The minimum atomic E-state index is -1.10. The molecule has 0 aromatic carbocycles. The first kappa shape index (κ1) is 24.4. The smallest absolute Gasteiger partial charge is 0.410 e. The van der Waals surface area contributed by atoms with Gasteiger partial charge in [-0.25, -0.2) is 9.59 Å². The molecule has 0 bridgehead atoms. The largest absolute Gasteiger partial charge is 0.444 e. The van der Waals surface area contributed by atoms with Crippen molar-refractivity contribution in [3.8, 4) is 0 Å². The van der Waals surface area contributed by atoms with Crippen LogP contribution in [-0.2, 0) is 9.47 Å². The maximum absolute atomic E-state index is 12.2. The molecule has 0 unspecified atom stereocenters. The summed E-state index contributed by atoms with van der Waals surface area (Å²) in [5.74, 6) is 0. The zero-order valence-electron chi connectivity index (χ0n) is 16.7. The second-order valence-corrected chi connectivity index (χ2v) is 7.95. The fourth-order valence-corrected chi connectivity index (χ4v) is 1.98. The summed E-state index contributed by atoms with van der Waals surface area (Å²) in [5.41, 5.74) is -1.43. The number of ether oxygens (including phenoxy) is 2. The van der Waals surface area contributed by atoms with Crippen molar-refractivity contribution in [3.63, 3.8) is 0 Å². The number of hydrogen-bond donors (Lipinski definition) is 3. The molecule has 154 valence electrons. The Kier molecular flexibility index (Phi) is 9.90. The molecular weight excluding hydrogens is 344 g/mol. The Morgan fingerprint density at radius 3 is 1.35 bits per heavy atom. The third-order valence-corrected chi connectivity index (χ3v) is 2.91. The highest BCUT2D eigenvalue weighted by Crippen LogP contribution is 2.12.